The fourth-order valence-corrected chi connectivity index (χ4v) is 11.0. The molecule has 0 spiro atoms. The van der Waals surface area contributed by atoms with Crippen molar-refractivity contribution >= 4 is 67.7 Å². The summed E-state index contributed by atoms with van der Waals surface area (Å²) < 4.78 is 76.9. The normalized spacial score (nSPS) is 21.3. The number of imide groups is 2. The first kappa shape index (κ1) is 48.8. The Hall–Kier alpha value is -7.82. The number of anilines is 3. The molecule has 23 heteroatoms. The van der Waals surface area contributed by atoms with Gasteiger partial charge in [0.15, 0.2) is 0 Å². The van der Waals surface area contributed by atoms with Crippen LogP contribution in [-0.2, 0) is 31.5 Å². The van der Waals surface area contributed by atoms with Crippen LogP contribution in [0.5, 0.6) is 5.75 Å². The van der Waals surface area contributed by atoms with E-state index in [9.17, 15) is 45.6 Å². The lowest BCUT2D eigenvalue weighted by Gasteiger charge is -2.49. The third-order valence-corrected chi connectivity index (χ3v) is 15.3. The number of halogens is 3. The molecule has 3 aliphatic heterocycles. The summed E-state index contributed by atoms with van der Waals surface area (Å²) in [5.74, 6) is -6.71. The van der Waals surface area contributed by atoms with E-state index in [-0.39, 0.29) is 65.1 Å². The van der Waals surface area contributed by atoms with E-state index in [0.717, 1.165) is 4.90 Å². The van der Waals surface area contributed by atoms with Crippen molar-refractivity contribution in [3.05, 3.63) is 102 Å². The number of nitrogen functional groups attached to an aromatic ring is 1. The summed E-state index contributed by atoms with van der Waals surface area (Å²) in [5, 5.41) is 15.6. The SMILES string of the molecule is C[C@H](Oc1cc(-c2nn(C)c3c(-c4cnn(C5CCN(C(=O)[C@H]6C[C@H](Nc7cccc8c7C(=O)N(C7CCC(=O)NC7=O)C8=O)C6)C(C)(C)C5)c4)cnc(N)c23)ccc1NS(=O)(=O)C(F)F)c1ccc(F)cc1. The number of rotatable bonds is 13. The number of aryl methyl sites for hydroxylation is 1. The zero-order chi connectivity index (χ0) is 51.8. The summed E-state index contributed by atoms with van der Waals surface area (Å²) in [6, 6.07) is 13.3. The predicted octanol–water partition coefficient (Wildman–Crippen LogP) is 6.56. The summed E-state index contributed by atoms with van der Waals surface area (Å²) in [6.07, 6.45) is 6.81. The second-order valence-corrected chi connectivity index (χ2v) is 21.2. The van der Waals surface area contributed by atoms with Gasteiger partial charge in [0, 0.05) is 72.3 Å². The van der Waals surface area contributed by atoms with Crippen molar-refractivity contribution in [1.82, 2.24) is 39.7 Å². The average molecular weight is 1020 g/mol. The number of nitrogens with one attached hydrogen (secondary N) is 3. The molecule has 0 bridgehead atoms. The van der Waals surface area contributed by atoms with Gasteiger partial charge >= 0.3 is 5.76 Å². The van der Waals surface area contributed by atoms with Crippen molar-refractivity contribution in [2.24, 2.45) is 13.0 Å². The summed E-state index contributed by atoms with van der Waals surface area (Å²) >= 11 is 0. The Morgan fingerprint density at radius 2 is 1.71 bits per heavy atom. The first-order chi connectivity index (χ1) is 34.7. The van der Waals surface area contributed by atoms with Crippen LogP contribution in [0.25, 0.3) is 33.3 Å². The second kappa shape index (κ2) is 18.3. The molecule has 5 amide bonds. The van der Waals surface area contributed by atoms with Gasteiger partial charge in [-0.3, -0.25) is 48.3 Å². The zero-order valence-corrected chi connectivity index (χ0v) is 40.8. The highest BCUT2D eigenvalue weighted by Gasteiger charge is 2.48. The maximum atomic E-state index is 14.1. The molecular weight excluding hydrogens is 972 g/mol. The van der Waals surface area contributed by atoms with E-state index >= 15 is 0 Å². The van der Waals surface area contributed by atoms with Gasteiger partial charge in [0.05, 0.1) is 40.0 Å². The van der Waals surface area contributed by atoms with Crippen LogP contribution in [0.4, 0.5) is 30.4 Å². The number of ether oxygens (including phenoxy) is 1. The van der Waals surface area contributed by atoms with Gasteiger partial charge < -0.3 is 20.7 Å². The Morgan fingerprint density at radius 3 is 2.42 bits per heavy atom. The van der Waals surface area contributed by atoms with Crippen molar-refractivity contribution in [3.8, 4) is 28.1 Å². The van der Waals surface area contributed by atoms with E-state index in [1.165, 1.54) is 42.5 Å². The average Bonchev–Trinajstić information content (AvgIpc) is 4.03. The molecular formula is C50H50F3N11O8S. The lowest BCUT2D eigenvalue weighted by Crippen LogP contribution is -2.57. The molecule has 1 saturated carbocycles. The molecule has 6 heterocycles. The highest BCUT2D eigenvalue weighted by molar-refractivity contribution is 7.93. The monoisotopic (exact) mass is 1020 g/mol. The minimum Gasteiger partial charge on any atom is -0.484 e. The van der Waals surface area contributed by atoms with Crippen molar-refractivity contribution < 1.29 is 50.3 Å². The fraction of sp³-hybridized carbons (Fsp3) is 0.360. The van der Waals surface area contributed by atoms with Crippen LogP contribution in [0.15, 0.2) is 79.3 Å². The van der Waals surface area contributed by atoms with Crippen LogP contribution in [0.2, 0.25) is 0 Å². The first-order valence-corrected chi connectivity index (χ1v) is 25.2. The fourth-order valence-electron chi connectivity index (χ4n) is 10.5. The molecule has 3 aromatic carbocycles. The topological polar surface area (TPSA) is 246 Å². The molecule has 0 radical (unpaired) electrons. The van der Waals surface area contributed by atoms with E-state index < -0.39 is 62.9 Å². The zero-order valence-electron chi connectivity index (χ0n) is 39.9. The number of nitrogens with two attached hydrogens (primary N) is 1. The van der Waals surface area contributed by atoms with Gasteiger partial charge in [0.2, 0.25) is 17.7 Å². The minimum atomic E-state index is -5.09. The number of fused-ring (bicyclic) bond motifs is 2. The van der Waals surface area contributed by atoms with E-state index in [0.29, 0.717) is 76.8 Å². The van der Waals surface area contributed by atoms with E-state index in [2.05, 4.69) is 15.6 Å². The molecule has 19 nitrogen and oxygen atoms in total. The van der Waals surface area contributed by atoms with Crippen LogP contribution in [0, 0.1) is 11.7 Å². The summed E-state index contributed by atoms with van der Waals surface area (Å²) in [5.41, 5.74) is 9.79. The van der Waals surface area contributed by atoms with Gasteiger partial charge in [-0.25, -0.2) is 17.8 Å². The Bertz CT molecular complexity index is 3370. The molecule has 3 aromatic heterocycles. The van der Waals surface area contributed by atoms with Crippen LogP contribution in [0.3, 0.4) is 0 Å². The van der Waals surface area contributed by atoms with Gasteiger partial charge in [0.1, 0.15) is 35.2 Å². The van der Waals surface area contributed by atoms with E-state index in [1.54, 1.807) is 49.2 Å². The van der Waals surface area contributed by atoms with E-state index in [4.69, 9.17) is 20.7 Å². The number of pyridine rings is 1. The molecule has 3 fully saturated rings. The summed E-state index contributed by atoms with van der Waals surface area (Å²) in [4.78, 5) is 72.8. The number of likely N-dealkylation sites (tertiary alicyclic amines) is 1. The highest BCUT2D eigenvalue weighted by Crippen LogP contribution is 2.43. The molecule has 5 N–H and O–H groups in total. The molecule has 6 aromatic rings. The molecule has 1 aliphatic carbocycles. The molecule has 3 atom stereocenters. The molecule has 380 valence electrons. The summed E-state index contributed by atoms with van der Waals surface area (Å²) in [7, 11) is -3.37. The van der Waals surface area contributed by atoms with Gasteiger partial charge in [-0.2, -0.15) is 19.0 Å². The Balaban J connectivity index is 0.826. The molecule has 2 unspecified atom stereocenters. The number of carbonyl (C=O) groups is 5. The first-order valence-electron chi connectivity index (χ1n) is 23.6. The molecule has 10 rings (SSSR count). The highest BCUT2D eigenvalue weighted by atomic mass is 32.2. The number of hydrogen-bond acceptors (Lipinski definition) is 13. The van der Waals surface area contributed by atoms with Crippen molar-refractivity contribution in [1.29, 1.82) is 0 Å². The van der Waals surface area contributed by atoms with Crippen LogP contribution in [0.1, 0.15) is 97.7 Å². The van der Waals surface area contributed by atoms with Crippen molar-refractivity contribution in [3.63, 3.8) is 0 Å². The Morgan fingerprint density at radius 1 is 0.959 bits per heavy atom. The Labute approximate surface area is 416 Å². The maximum Gasteiger partial charge on any atom is 0.355 e. The van der Waals surface area contributed by atoms with Gasteiger partial charge in [-0.05, 0) is 94.8 Å². The van der Waals surface area contributed by atoms with Gasteiger partial charge in [-0.15, -0.1) is 0 Å². The quantitative estimate of drug-likeness (QED) is 0.0897. The predicted molar refractivity (Wildman–Crippen MR) is 261 cm³/mol. The third-order valence-electron chi connectivity index (χ3n) is 14.3. The number of hydrogen-bond donors (Lipinski definition) is 4. The number of carbonyl (C=O) groups excluding carboxylic acids is 5. The third kappa shape index (κ3) is 8.88. The van der Waals surface area contributed by atoms with Crippen molar-refractivity contribution in [2.45, 2.75) is 94.8 Å². The second-order valence-electron chi connectivity index (χ2n) is 19.5. The number of piperidine rings is 2. The number of sulfonamides is 1. The number of benzene rings is 3. The van der Waals surface area contributed by atoms with Crippen LogP contribution >= 0.6 is 0 Å². The molecule has 2 saturated heterocycles. The maximum absolute atomic E-state index is 14.1. The number of aromatic nitrogens is 5. The minimum absolute atomic E-state index is 0.0185. The van der Waals surface area contributed by atoms with Crippen molar-refractivity contribution in [2.75, 3.05) is 22.3 Å². The van der Waals surface area contributed by atoms with Gasteiger partial charge in [0.25, 0.3) is 21.8 Å². The standard InChI is InChI=1S/C50H50F3N11O8S/c1-25(26-8-11-30(51)12-9-26)72-38-20-27(10-13-35(38)60-73(70,71)49(52)53)42-41-43(61(4)59-42)34(23-55-44(41)54)29-22-56-63(24-29)32-16-17-62(50(2,3)21-32)46(67)28-18-31(19-28)57-36-7-5-6-33-40(36)48(69)64(47(33)68)37-14-15-39(65)58-45(37)66/h5-13,20,22-25,28,31-32,37,49,57,60H,14-19,21H2,1-4H3,(H2,54,55)(H,58,65,66)/t25-,28-,31-,32?,37?/m0/s1. The summed E-state index contributed by atoms with van der Waals surface area (Å²) in [6.45, 7) is 6.19. The largest absolute Gasteiger partial charge is 0.484 e. The Kier molecular flexibility index (Phi) is 12.3. The number of amides is 5. The van der Waals surface area contributed by atoms with Crippen LogP contribution in [-0.4, -0.2) is 102 Å². The number of nitrogens with zero attached hydrogens (tertiary/aromatic N) is 7. The smallest absolute Gasteiger partial charge is 0.355 e. The van der Waals surface area contributed by atoms with Crippen LogP contribution < -0.4 is 25.8 Å². The lowest BCUT2D eigenvalue weighted by atomic mass is 9.77. The lowest BCUT2D eigenvalue weighted by molar-refractivity contribution is -0.147. The van der Waals surface area contributed by atoms with E-state index in [1.807, 2.05) is 34.3 Å². The molecule has 4 aliphatic rings. The molecule has 73 heavy (non-hydrogen) atoms. The number of alkyl halides is 2. The van der Waals surface area contributed by atoms with Gasteiger partial charge in [-0.1, -0.05) is 24.3 Å².